The molecule has 0 fully saturated rings. The average Bonchev–Trinajstić information content (AvgIpc) is 3.55. The first-order chi connectivity index (χ1) is 24.5. The van der Waals surface area contributed by atoms with E-state index in [0.717, 1.165) is 22.5 Å². The summed E-state index contributed by atoms with van der Waals surface area (Å²) in [4.78, 5) is 58.8. The number of anilines is 1. The number of carboxylic acid groups (broad SMARTS) is 1. The van der Waals surface area contributed by atoms with E-state index in [4.69, 9.17) is 35.4 Å². The molecule has 0 aliphatic rings. The summed E-state index contributed by atoms with van der Waals surface area (Å²) in [6, 6.07) is 7.11. The number of aromatic nitrogens is 3. The summed E-state index contributed by atoms with van der Waals surface area (Å²) < 4.78 is 25.6. The number of aryl methyl sites for hydroxylation is 2. The molecular weight excluding hydrogens is 732 g/mol. The van der Waals surface area contributed by atoms with Crippen LogP contribution in [0.15, 0.2) is 41.8 Å². The topological polar surface area (TPSA) is 193 Å². The van der Waals surface area contributed by atoms with Gasteiger partial charge in [-0.2, -0.15) is 4.68 Å². The maximum atomic E-state index is 13.1. The number of halogens is 1. The third kappa shape index (κ3) is 14.6. The van der Waals surface area contributed by atoms with E-state index in [1.54, 1.807) is 53.7 Å². The first kappa shape index (κ1) is 42.5. The first-order valence-electron chi connectivity index (χ1n) is 16.6. The average molecular weight is 780 g/mol. The number of hydrogen-bond acceptors (Lipinski definition) is 12. The minimum absolute atomic E-state index is 0.0402. The molecule has 2 heterocycles. The van der Waals surface area contributed by atoms with Crippen LogP contribution < -0.4 is 20.1 Å². The van der Waals surface area contributed by atoms with Crippen molar-refractivity contribution in [2.45, 2.75) is 98.2 Å². The Labute approximate surface area is 317 Å². The van der Waals surface area contributed by atoms with Crippen LogP contribution in [0.25, 0.3) is 11.1 Å². The van der Waals surface area contributed by atoms with Gasteiger partial charge in [-0.3, -0.25) is 5.32 Å². The number of carboxylic acids is 1. The molecule has 0 bridgehead atoms. The van der Waals surface area contributed by atoms with E-state index < -0.39 is 52.7 Å². The quantitative estimate of drug-likeness (QED) is 0.0438. The normalized spacial score (nSPS) is 12.8. The fourth-order valence-electron chi connectivity index (χ4n) is 4.29. The highest BCUT2D eigenvalue weighted by Crippen LogP contribution is 2.29. The molecule has 3 N–H and O–H groups in total. The Hall–Kier alpha value is -4.90. The molecule has 53 heavy (non-hydrogen) atoms. The highest BCUT2D eigenvalue weighted by molar-refractivity contribution is 7.20. The summed E-state index contributed by atoms with van der Waals surface area (Å²) in [6.07, 6.45) is 1.88. The van der Waals surface area contributed by atoms with Crippen LogP contribution in [0.1, 0.15) is 74.4 Å². The van der Waals surface area contributed by atoms with Gasteiger partial charge in [0.1, 0.15) is 39.2 Å². The van der Waals surface area contributed by atoms with E-state index in [0.29, 0.717) is 25.3 Å². The molecule has 18 heteroatoms. The fourth-order valence-corrected chi connectivity index (χ4v) is 5.32. The number of alkyl carbamates (subject to hydrolysis) is 1. The Kier molecular flexibility index (Phi) is 14.2. The number of ether oxygens (including phenoxy) is 4. The summed E-state index contributed by atoms with van der Waals surface area (Å²) in [7, 11) is 1.92. The molecule has 0 spiro atoms. The van der Waals surface area contributed by atoms with Gasteiger partial charge in [0.2, 0.25) is 11.9 Å². The minimum atomic E-state index is -1.56. The first-order valence-corrected chi connectivity index (χ1v) is 17.8. The van der Waals surface area contributed by atoms with Gasteiger partial charge in [-0.05, 0) is 86.4 Å². The van der Waals surface area contributed by atoms with Crippen molar-refractivity contribution in [3.63, 3.8) is 0 Å². The number of aliphatic carboxylic acids is 1. The van der Waals surface area contributed by atoms with E-state index in [9.17, 15) is 24.3 Å². The third-order valence-electron chi connectivity index (χ3n) is 6.40. The Morgan fingerprint density at radius 3 is 2.13 bits per heavy atom. The zero-order valence-corrected chi connectivity index (χ0v) is 33.1. The molecule has 3 rings (SSSR count). The van der Waals surface area contributed by atoms with E-state index in [-0.39, 0.29) is 21.8 Å². The monoisotopic (exact) mass is 779 g/mol. The van der Waals surface area contributed by atoms with Gasteiger partial charge in [0, 0.05) is 6.54 Å². The molecule has 0 saturated carbocycles. The molecule has 0 radical (unpaired) electrons. The SMILES string of the molecule is C[n+]1cc(-c2ccc(OC[C@H](O/N=C(\C(=O)O)c3nc(NC(=O)OC(C)(C)C)sc3Cl)C(=O)OC(C)(C)C)cc2)cn1CCCNC(=O)OC(C)(C)C. The van der Waals surface area contributed by atoms with Crippen LogP contribution in [0, 0.1) is 0 Å². The highest BCUT2D eigenvalue weighted by Gasteiger charge is 2.30. The van der Waals surface area contributed by atoms with Crippen molar-refractivity contribution < 1.29 is 52.8 Å². The Balaban J connectivity index is 1.70. The third-order valence-corrected chi connectivity index (χ3v) is 7.57. The summed E-state index contributed by atoms with van der Waals surface area (Å²) in [5.41, 5.74) is -1.43. The Morgan fingerprint density at radius 2 is 1.55 bits per heavy atom. The minimum Gasteiger partial charge on any atom is -0.489 e. The number of benzene rings is 1. The largest absolute Gasteiger partial charge is 0.489 e. The van der Waals surface area contributed by atoms with Crippen LogP contribution in [0.5, 0.6) is 5.75 Å². The highest BCUT2D eigenvalue weighted by atomic mass is 35.5. The van der Waals surface area contributed by atoms with Gasteiger partial charge in [-0.1, -0.05) is 40.2 Å². The molecule has 0 unspecified atom stereocenters. The van der Waals surface area contributed by atoms with Crippen LogP contribution in [-0.4, -0.2) is 80.7 Å². The number of oxime groups is 1. The van der Waals surface area contributed by atoms with Crippen LogP contribution in [-0.2, 0) is 42.2 Å². The molecule has 3 aromatic rings. The number of amides is 2. The van der Waals surface area contributed by atoms with Gasteiger partial charge in [0.05, 0.1) is 18.3 Å². The standard InChI is InChI=1S/C35H47ClN6O10S/c1-33(2,3)49-29(45)24(52-40-26(28(43)44)25-27(36)53-30(38-25)39-32(47)51-35(7,8)9)20-48-23-14-12-21(13-15-23)22-18-41(10)42(19-22)17-11-16-37-31(46)50-34(4,5)6/h12-15,18-19,24H,11,16-17,20H2,1-10H3,(H2-,37,38,39,43,44,46,47)/p+1/b40-26-/t24-/m0/s1. The van der Waals surface area contributed by atoms with E-state index in [1.165, 1.54) is 0 Å². The van der Waals surface area contributed by atoms with Gasteiger partial charge in [-0.15, -0.1) is 4.68 Å². The maximum absolute atomic E-state index is 13.1. The number of rotatable bonds is 14. The van der Waals surface area contributed by atoms with E-state index in [1.807, 2.05) is 61.7 Å². The second-order valence-electron chi connectivity index (χ2n) is 14.7. The van der Waals surface area contributed by atoms with Crippen molar-refractivity contribution in [2.24, 2.45) is 12.2 Å². The summed E-state index contributed by atoms with van der Waals surface area (Å²) >= 11 is 7.04. The lowest BCUT2D eigenvalue weighted by Gasteiger charge is -2.23. The van der Waals surface area contributed by atoms with E-state index in [2.05, 4.69) is 20.8 Å². The molecule has 2 amide bonds. The lowest BCUT2D eigenvalue weighted by atomic mass is 10.1. The molecule has 1 aromatic carbocycles. The molecule has 16 nitrogen and oxygen atoms in total. The summed E-state index contributed by atoms with van der Waals surface area (Å²) in [5, 5.41) is 18.7. The Morgan fingerprint density at radius 1 is 0.943 bits per heavy atom. The van der Waals surface area contributed by atoms with Crippen LogP contribution in [0.4, 0.5) is 14.7 Å². The number of nitrogens with zero attached hydrogens (tertiary/aromatic N) is 4. The Bertz CT molecular complexity index is 1790. The zero-order valence-electron chi connectivity index (χ0n) is 31.6. The van der Waals surface area contributed by atoms with Crippen LogP contribution >= 0.6 is 22.9 Å². The van der Waals surface area contributed by atoms with Crippen molar-refractivity contribution in [1.29, 1.82) is 0 Å². The predicted molar refractivity (Wildman–Crippen MR) is 197 cm³/mol. The number of thiazole rings is 1. The zero-order chi connectivity index (χ0) is 39.7. The van der Waals surface area contributed by atoms with Crippen molar-refractivity contribution in [1.82, 2.24) is 15.0 Å². The molecule has 0 aliphatic carbocycles. The maximum Gasteiger partial charge on any atom is 0.413 e. The second-order valence-corrected chi connectivity index (χ2v) is 16.3. The second kappa shape index (κ2) is 17.7. The number of carbonyl (C=O) groups excluding carboxylic acids is 3. The van der Waals surface area contributed by atoms with Gasteiger partial charge < -0.3 is 34.2 Å². The van der Waals surface area contributed by atoms with Gasteiger partial charge in [0.15, 0.2) is 12.2 Å². The summed E-state index contributed by atoms with van der Waals surface area (Å²) in [5.74, 6) is -2.01. The summed E-state index contributed by atoms with van der Waals surface area (Å²) in [6.45, 7) is 16.2. The molecule has 0 saturated heterocycles. The van der Waals surface area contributed by atoms with Crippen LogP contribution in [0.3, 0.4) is 0 Å². The van der Waals surface area contributed by atoms with Gasteiger partial charge >= 0.3 is 24.1 Å². The lowest BCUT2D eigenvalue weighted by Crippen LogP contribution is -2.39. The molecule has 290 valence electrons. The smallest absolute Gasteiger partial charge is 0.413 e. The van der Waals surface area contributed by atoms with Gasteiger partial charge in [0.25, 0.3) is 6.10 Å². The molecular formula is C35H48ClN6O10S+. The van der Waals surface area contributed by atoms with Crippen LogP contribution in [0.2, 0.25) is 4.34 Å². The predicted octanol–water partition coefficient (Wildman–Crippen LogP) is 5.95. The number of nitrogens with one attached hydrogen (secondary N) is 2. The number of esters is 1. The lowest BCUT2D eigenvalue weighted by molar-refractivity contribution is -0.753. The van der Waals surface area contributed by atoms with Crippen molar-refractivity contribution in [3.05, 3.63) is 46.7 Å². The van der Waals surface area contributed by atoms with Crippen molar-refractivity contribution in [3.8, 4) is 16.9 Å². The fraction of sp³-hybridized carbons (Fsp3) is 0.514. The molecule has 0 aliphatic heterocycles. The number of carbonyl (C=O) groups is 4. The van der Waals surface area contributed by atoms with Crippen molar-refractivity contribution >= 4 is 57.9 Å². The number of hydrogen-bond donors (Lipinski definition) is 3. The van der Waals surface area contributed by atoms with Gasteiger partial charge in [-0.25, -0.2) is 24.2 Å². The van der Waals surface area contributed by atoms with E-state index >= 15 is 0 Å². The molecule has 1 atom stereocenters. The van der Waals surface area contributed by atoms with Crippen molar-refractivity contribution in [2.75, 3.05) is 18.5 Å². The molecule has 2 aromatic heterocycles.